The Morgan fingerprint density at radius 2 is 1.52 bits per heavy atom. The molecule has 154 valence electrons. The molecular formula is C25H18Cl2N2O2. The van der Waals surface area contributed by atoms with E-state index in [2.05, 4.69) is 16.7 Å². The van der Waals surface area contributed by atoms with E-state index in [1.54, 1.807) is 18.2 Å². The first-order valence-electron chi connectivity index (χ1n) is 9.97. The summed E-state index contributed by atoms with van der Waals surface area (Å²) in [4.78, 5) is 27.4. The summed E-state index contributed by atoms with van der Waals surface area (Å²) in [5, 5.41) is 1.53. The number of hydrogen-bond donors (Lipinski definition) is 0. The molecular weight excluding hydrogens is 431 g/mol. The molecule has 1 aliphatic rings. The first kappa shape index (κ1) is 19.9. The minimum absolute atomic E-state index is 0.0831. The highest BCUT2D eigenvalue weighted by Crippen LogP contribution is 2.42. The summed E-state index contributed by atoms with van der Waals surface area (Å²) in [6.45, 7) is 0.677. The summed E-state index contributed by atoms with van der Waals surface area (Å²) in [6, 6.07) is 23.0. The van der Waals surface area contributed by atoms with Gasteiger partial charge in [0.25, 0.3) is 0 Å². The molecule has 0 N–H and O–H groups in total. The van der Waals surface area contributed by atoms with Crippen molar-refractivity contribution in [1.82, 2.24) is 4.57 Å². The lowest BCUT2D eigenvalue weighted by atomic mass is 9.97. The number of rotatable bonds is 4. The van der Waals surface area contributed by atoms with Crippen LogP contribution >= 0.6 is 23.2 Å². The van der Waals surface area contributed by atoms with E-state index in [-0.39, 0.29) is 34.0 Å². The molecule has 1 aliphatic heterocycles. The van der Waals surface area contributed by atoms with Crippen LogP contribution in [0.25, 0.3) is 10.9 Å². The van der Waals surface area contributed by atoms with E-state index >= 15 is 0 Å². The maximum Gasteiger partial charge on any atom is 0.242 e. The topological polar surface area (TPSA) is 42.3 Å². The zero-order valence-electron chi connectivity index (χ0n) is 16.5. The van der Waals surface area contributed by atoms with E-state index < -0.39 is 5.92 Å². The molecule has 2 amide bonds. The molecule has 4 aromatic rings. The summed E-state index contributed by atoms with van der Waals surface area (Å²) in [7, 11) is 0. The number of carbonyl (C=O) groups excluding carboxylic acids is 2. The molecule has 1 fully saturated rings. The molecule has 0 bridgehead atoms. The van der Waals surface area contributed by atoms with E-state index in [1.807, 2.05) is 48.7 Å². The Morgan fingerprint density at radius 1 is 0.839 bits per heavy atom. The lowest BCUT2D eigenvalue weighted by Gasteiger charge is -2.18. The summed E-state index contributed by atoms with van der Waals surface area (Å²) in [5.41, 5.74) is 3.29. The quantitative estimate of drug-likeness (QED) is 0.357. The minimum Gasteiger partial charge on any atom is -0.343 e. The van der Waals surface area contributed by atoms with Crippen LogP contribution in [0.1, 0.15) is 23.5 Å². The molecule has 5 rings (SSSR count). The highest BCUT2D eigenvalue weighted by Gasteiger charge is 2.43. The number of aromatic nitrogens is 1. The van der Waals surface area contributed by atoms with Crippen LogP contribution in [0.15, 0.2) is 79.0 Å². The predicted octanol–water partition coefficient (Wildman–Crippen LogP) is 6.04. The van der Waals surface area contributed by atoms with Gasteiger partial charge in [-0.2, -0.15) is 0 Å². The van der Waals surface area contributed by atoms with Gasteiger partial charge < -0.3 is 4.57 Å². The Bertz CT molecular complexity index is 1290. The Kier molecular flexibility index (Phi) is 5.05. The van der Waals surface area contributed by atoms with Crippen molar-refractivity contribution in [1.29, 1.82) is 0 Å². The molecule has 1 aromatic heterocycles. The summed E-state index contributed by atoms with van der Waals surface area (Å²) < 4.78 is 2.13. The van der Waals surface area contributed by atoms with Crippen LogP contribution in [0, 0.1) is 0 Å². The van der Waals surface area contributed by atoms with Gasteiger partial charge in [-0.05, 0) is 29.3 Å². The van der Waals surface area contributed by atoms with Crippen molar-refractivity contribution in [2.75, 3.05) is 4.90 Å². The molecule has 0 radical (unpaired) electrons. The number of imide groups is 1. The lowest BCUT2D eigenvalue weighted by molar-refractivity contribution is -0.121. The number of para-hydroxylation sites is 2. The number of fused-ring (bicyclic) bond motifs is 1. The molecule has 1 atom stereocenters. The number of amides is 2. The van der Waals surface area contributed by atoms with Crippen molar-refractivity contribution < 1.29 is 9.59 Å². The SMILES string of the molecule is O=C1CC(c2cn(Cc3ccccc3)c3ccccc23)C(=O)N1c1c(Cl)cccc1Cl. The number of benzene rings is 3. The molecule has 0 aliphatic carbocycles. The second-order valence-corrected chi connectivity index (χ2v) is 8.42. The zero-order chi connectivity index (χ0) is 21.5. The third-order valence-electron chi connectivity index (χ3n) is 5.70. The summed E-state index contributed by atoms with van der Waals surface area (Å²) in [5.74, 6) is -1.19. The highest BCUT2D eigenvalue weighted by molar-refractivity contribution is 6.42. The molecule has 1 unspecified atom stereocenters. The van der Waals surface area contributed by atoms with E-state index in [0.717, 1.165) is 26.9 Å². The Hall–Kier alpha value is -3.08. The van der Waals surface area contributed by atoms with Crippen molar-refractivity contribution in [2.24, 2.45) is 0 Å². The fourth-order valence-electron chi connectivity index (χ4n) is 4.28. The van der Waals surface area contributed by atoms with Crippen LogP contribution in [0.3, 0.4) is 0 Å². The number of halogens is 2. The van der Waals surface area contributed by atoms with E-state index in [4.69, 9.17) is 23.2 Å². The predicted molar refractivity (Wildman–Crippen MR) is 124 cm³/mol. The molecule has 6 heteroatoms. The van der Waals surface area contributed by atoms with Gasteiger partial charge in [0, 0.05) is 30.1 Å². The average molecular weight is 449 g/mol. The lowest BCUT2D eigenvalue weighted by Crippen LogP contribution is -2.30. The Balaban J connectivity index is 1.57. The molecule has 2 heterocycles. The second-order valence-electron chi connectivity index (χ2n) is 7.61. The van der Waals surface area contributed by atoms with Crippen molar-refractivity contribution in [3.63, 3.8) is 0 Å². The van der Waals surface area contributed by atoms with Crippen molar-refractivity contribution >= 4 is 51.6 Å². The Morgan fingerprint density at radius 3 is 2.26 bits per heavy atom. The van der Waals surface area contributed by atoms with E-state index in [9.17, 15) is 9.59 Å². The second kappa shape index (κ2) is 7.88. The van der Waals surface area contributed by atoms with Gasteiger partial charge in [-0.1, -0.05) is 77.8 Å². The van der Waals surface area contributed by atoms with E-state index in [0.29, 0.717) is 6.54 Å². The summed E-state index contributed by atoms with van der Waals surface area (Å²) >= 11 is 12.6. The number of hydrogen-bond acceptors (Lipinski definition) is 2. The van der Waals surface area contributed by atoms with Crippen LogP contribution in [-0.4, -0.2) is 16.4 Å². The van der Waals surface area contributed by atoms with Crippen molar-refractivity contribution in [3.8, 4) is 0 Å². The van der Waals surface area contributed by atoms with Crippen LogP contribution in [0.5, 0.6) is 0 Å². The molecule has 4 nitrogen and oxygen atoms in total. The van der Waals surface area contributed by atoms with Gasteiger partial charge in [0.05, 0.1) is 21.7 Å². The first-order chi connectivity index (χ1) is 15.0. The summed E-state index contributed by atoms with van der Waals surface area (Å²) in [6.07, 6.45) is 2.07. The smallest absolute Gasteiger partial charge is 0.242 e. The molecule has 3 aromatic carbocycles. The van der Waals surface area contributed by atoms with Crippen molar-refractivity contribution in [3.05, 3.63) is 100 Å². The maximum absolute atomic E-state index is 13.4. The average Bonchev–Trinajstić information content (AvgIpc) is 3.27. The fourth-order valence-corrected chi connectivity index (χ4v) is 4.84. The van der Waals surface area contributed by atoms with Gasteiger partial charge in [0.1, 0.15) is 0 Å². The first-order valence-corrected chi connectivity index (χ1v) is 10.7. The fraction of sp³-hybridized carbons (Fsp3) is 0.120. The molecule has 1 saturated heterocycles. The largest absolute Gasteiger partial charge is 0.343 e. The van der Waals surface area contributed by atoms with Gasteiger partial charge in [-0.3, -0.25) is 9.59 Å². The standard InChI is InChI=1S/C25H18Cl2N2O2/c26-20-10-6-11-21(27)24(20)29-23(30)13-18(25(29)31)19-15-28(14-16-7-2-1-3-8-16)22-12-5-4-9-17(19)22/h1-12,15,18H,13-14H2. The van der Waals surface area contributed by atoms with Gasteiger partial charge in [-0.25, -0.2) is 4.90 Å². The third kappa shape index (κ3) is 3.42. The van der Waals surface area contributed by atoms with E-state index in [1.165, 1.54) is 0 Å². The van der Waals surface area contributed by atoms with Crippen LogP contribution in [0.2, 0.25) is 10.0 Å². The van der Waals surface area contributed by atoms with Gasteiger partial charge in [0.2, 0.25) is 11.8 Å². The Labute approximate surface area is 189 Å². The minimum atomic E-state index is -0.582. The number of nitrogens with zero attached hydrogens (tertiary/aromatic N) is 2. The van der Waals surface area contributed by atoms with Gasteiger partial charge in [-0.15, -0.1) is 0 Å². The van der Waals surface area contributed by atoms with Crippen molar-refractivity contribution in [2.45, 2.75) is 18.9 Å². The maximum atomic E-state index is 13.4. The van der Waals surface area contributed by atoms with Gasteiger partial charge >= 0.3 is 0 Å². The number of carbonyl (C=O) groups is 2. The van der Waals surface area contributed by atoms with Gasteiger partial charge in [0.15, 0.2) is 0 Å². The van der Waals surface area contributed by atoms with Crippen LogP contribution in [0.4, 0.5) is 5.69 Å². The third-order valence-corrected chi connectivity index (χ3v) is 6.31. The van der Waals surface area contributed by atoms with Crippen LogP contribution < -0.4 is 4.90 Å². The monoisotopic (exact) mass is 448 g/mol. The molecule has 0 spiro atoms. The zero-order valence-corrected chi connectivity index (χ0v) is 18.0. The number of anilines is 1. The highest BCUT2D eigenvalue weighted by atomic mass is 35.5. The molecule has 31 heavy (non-hydrogen) atoms. The van der Waals surface area contributed by atoms with Crippen LogP contribution in [-0.2, 0) is 16.1 Å². The molecule has 0 saturated carbocycles. The normalized spacial score (nSPS) is 16.5.